The van der Waals surface area contributed by atoms with Crippen LogP contribution in [0.5, 0.6) is 11.5 Å². The summed E-state index contributed by atoms with van der Waals surface area (Å²) in [5.41, 5.74) is 4.21. The Hall–Kier alpha value is -2.11. The summed E-state index contributed by atoms with van der Waals surface area (Å²) in [6.45, 7) is 0. The first-order valence-electron chi connectivity index (χ1n) is 6.13. The van der Waals surface area contributed by atoms with Crippen LogP contribution in [0.3, 0.4) is 0 Å². The van der Waals surface area contributed by atoms with Gasteiger partial charge in [0.25, 0.3) is 0 Å². The predicted octanol–water partition coefficient (Wildman–Crippen LogP) is 2.40. The van der Waals surface area contributed by atoms with Gasteiger partial charge in [0, 0.05) is 5.56 Å². The fourth-order valence-corrected chi connectivity index (χ4v) is 2.13. The van der Waals surface area contributed by atoms with Crippen LogP contribution in [0.2, 0.25) is 0 Å². The second-order valence-electron chi connectivity index (χ2n) is 4.24. The van der Waals surface area contributed by atoms with Crippen molar-refractivity contribution in [3.05, 3.63) is 59.4 Å². The van der Waals surface area contributed by atoms with Gasteiger partial charge >= 0.3 is 0 Å². The van der Waals surface area contributed by atoms with E-state index in [-0.39, 0.29) is 11.8 Å². The fourth-order valence-electron chi connectivity index (χ4n) is 2.13. The molecule has 0 saturated carbocycles. The zero-order chi connectivity index (χ0) is 14.5. The molecule has 20 heavy (non-hydrogen) atoms. The third-order valence-electron chi connectivity index (χ3n) is 3.13. The first-order chi connectivity index (χ1) is 9.71. The van der Waals surface area contributed by atoms with Crippen molar-refractivity contribution in [2.75, 3.05) is 14.2 Å². The summed E-state index contributed by atoms with van der Waals surface area (Å²) in [6, 6.07) is 11.8. The first kappa shape index (κ1) is 14.3. The maximum absolute atomic E-state index is 13.8. The average Bonchev–Trinajstić information content (AvgIpc) is 2.49. The summed E-state index contributed by atoms with van der Waals surface area (Å²) in [5.74, 6) is 6.08. The zero-order valence-corrected chi connectivity index (χ0v) is 11.4. The number of ether oxygens (including phenoxy) is 2. The van der Waals surface area contributed by atoms with E-state index in [1.807, 2.05) is 24.3 Å². The van der Waals surface area contributed by atoms with E-state index in [1.165, 1.54) is 13.2 Å². The Morgan fingerprint density at radius 2 is 1.75 bits per heavy atom. The molecule has 0 saturated heterocycles. The minimum absolute atomic E-state index is 0.199. The number of methoxy groups -OCH3 is 2. The van der Waals surface area contributed by atoms with Gasteiger partial charge in [-0.2, -0.15) is 0 Å². The van der Waals surface area contributed by atoms with Crippen molar-refractivity contribution in [2.45, 2.75) is 6.04 Å². The Morgan fingerprint density at radius 3 is 2.35 bits per heavy atom. The number of nitrogens with two attached hydrogens (primary N) is 1. The third kappa shape index (κ3) is 2.74. The highest BCUT2D eigenvalue weighted by Crippen LogP contribution is 2.31. The van der Waals surface area contributed by atoms with Gasteiger partial charge in [-0.05, 0) is 23.8 Å². The normalized spacial score (nSPS) is 12.0. The van der Waals surface area contributed by atoms with E-state index < -0.39 is 5.82 Å². The number of hydrazine groups is 1. The van der Waals surface area contributed by atoms with Crippen molar-refractivity contribution in [3.8, 4) is 11.5 Å². The molecule has 0 bridgehead atoms. The molecule has 0 aliphatic carbocycles. The van der Waals surface area contributed by atoms with Crippen molar-refractivity contribution in [1.82, 2.24) is 5.43 Å². The molecule has 5 heteroatoms. The Labute approximate surface area is 117 Å². The van der Waals surface area contributed by atoms with E-state index >= 15 is 0 Å². The monoisotopic (exact) mass is 276 g/mol. The van der Waals surface area contributed by atoms with Gasteiger partial charge in [0.05, 0.1) is 20.3 Å². The van der Waals surface area contributed by atoms with Crippen molar-refractivity contribution in [2.24, 2.45) is 5.84 Å². The molecule has 0 radical (unpaired) electrons. The second-order valence-corrected chi connectivity index (χ2v) is 4.24. The highest BCUT2D eigenvalue weighted by molar-refractivity contribution is 5.43. The van der Waals surface area contributed by atoms with E-state index in [0.29, 0.717) is 11.3 Å². The fraction of sp³-hybridized carbons (Fsp3) is 0.200. The molecule has 4 nitrogen and oxygen atoms in total. The Kier molecular flexibility index (Phi) is 4.55. The molecule has 0 heterocycles. The first-order valence-corrected chi connectivity index (χ1v) is 6.13. The minimum Gasteiger partial charge on any atom is -0.496 e. The zero-order valence-electron chi connectivity index (χ0n) is 11.4. The molecule has 0 amide bonds. The number of para-hydroxylation sites is 1. The van der Waals surface area contributed by atoms with Crippen LogP contribution in [0.4, 0.5) is 4.39 Å². The van der Waals surface area contributed by atoms with E-state index in [1.54, 1.807) is 19.2 Å². The molecular weight excluding hydrogens is 259 g/mol. The lowest BCUT2D eigenvalue weighted by atomic mass is 9.98. The standard InChI is InChI=1S/C15H17FN2O2/c1-19-13-6-4-3-5-11(13)15(18-17)10-7-8-14(20-2)12(16)9-10/h3-9,15,18H,17H2,1-2H3. The number of rotatable bonds is 5. The van der Waals surface area contributed by atoms with E-state index in [4.69, 9.17) is 15.3 Å². The van der Waals surface area contributed by atoms with Crippen LogP contribution in [0.15, 0.2) is 42.5 Å². The van der Waals surface area contributed by atoms with Gasteiger partial charge in [0.15, 0.2) is 11.6 Å². The number of benzene rings is 2. The van der Waals surface area contributed by atoms with Crippen LogP contribution in [0.25, 0.3) is 0 Å². The molecule has 1 atom stereocenters. The Bertz CT molecular complexity index is 590. The number of halogens is 1. The van der Waals surface area contributed by atoms with Crippen molar-refractivity contribution in [3.63, 3.8) is 0 Å². The van der Waals surface area contributed by atoms with E-state index in [9.17, 15) is 4.39 Å². The second kappa shape index (κ2) is 6.36. The lowest BCUT2D eigenvalue weighted by molar-refractivity contribution is 0.385. The lowest BCUT2D eigenvalue weighted by Gasteiger charge is -2.20. The van der Waals surface area contributed by atoms with E-state index in [2.05, 4.69) is 5.43 Å². The largest absolute Gasteiger partial charge is 0.496 e. The summed E-state index contributed by atoms with van der Waals surface area (Å²) in [5, 5.41) is 0. The topological polar surface area (TPSA) is 56.5 Å². The van der Waals surface area contributed by atoms with Crippen molar-refractivity contribution in [1.29, 1.82) is 0 Å². The van der Waals surface area contributed by atoms with Gasteiger partial charge in [-0.25, -0.2) is 9.82 Å². The molecule has 0 aromatic heterocycles. The van der Waals surface area contributed by atoms with Gasteiger partial charge in [0.2, 0.25) is 0 Å². The Balaban J connectivity index is 2.44. The summed E-state index contributed by atoms with van der Waals surface area (Å²) >= 11 is 0. The maximum Gasteiger partial charge on any atom is 0.165 e. The number of hydrogen-bond acceptors (Lipinski definition) is 4. The maximum atomic E-state index is 13.8. The molecule has 2 rings (SSSR count). The molecule has 0 fully saturated rings. The molecule has 0 spiro atoms. The smallest absolute Gasteiger partial charge is 0.165 e. The van der Waals surface area contributed by atoms with Crippen LogP contribution in [0, 0.1) is 5.82 Å². The van der Waals surface area contributed by atoms with Crippen LogP contribution < -0.4 is 20.7 Å². The van der Waals surface area contributed by atoms with Gasteiger partial charge in [-0.15, -0.1) is 0 Å². The molecule has 0 aliphatic heterocycles. The number of hydrogen-bond donors (Lipinski definition) is 2. The highest BCUT2D eigenvalue weighted by Gasteiger charge is 2.18. The SMILES string of the molecule is COc1ccc(C(NN)c2ccccc2OC)cc1F. The highest BCUT2D eigenvalue weighted by atomic mass is 19.1. The Morgan fingerprint density at radius 1 is 1.05 bits per heavy atom. The van der Waals surface area contributed by atoms with Gasteiger partial charge < -0.3 is 9.47 Å². The third-order valence-corrected chi connectivity index (χ3v) is 3.13. The molecular formula is C15H17FN2O2. The molecule has 106 valence electrons. The quantitative estimate of drug-likeness (QED) is 0.650. The summed E-state index contributed by atoms with van der Waals surface area (Å²) in [6.07, 6.45) is 0. The van der Waals surface area contributed by atoms with Crippen LogP contribution in [-0.2, 0) is 0 Å². The van der Waals surface area contributed by atoms with Crippen LogP contribution >= 0.6 is 0 Å². The van der Waals surface area contributed by atoms with Crippen molar-refractivity contribution >= 4 is 0 Å². The minimum atomic E-state index is -0.430. The van der Waals surface area contributed by atoms with Gasteiger partial charge in [-0.1, -0.05) is 24.3 Å². The summed E-state index contributed by atoms with van der Waals surface area (Å²) < 4.78 is 24.0. The predicted molar refractivity (Wildman–Crippen MR) is 75.1 cm³/mol. The molecule has 1 unspecified atom stereocenters. The molecule has 2 aromatic rings. The van der Waals surface area contributed by atoms with Crippen LogP contribution in [0.1, 0.15) is 17.2 Å². The summed E-state index contributed by atoms with van der Waals surface area (Å²) in [4.78, 5) is 0. The lowest BCUT2D eigenvalue weighted by Crippen LogP contribution is -2.29. The molecule has 2 aromatic carbocycles. The van der Waals surface area contributed by atoms with E-state index in [0.717, 1.165) is 5.56 Å². The molecule has 3 N–H and O–H groups in total. The van der Waals surface area contributed by atoms with Crippen LogP contribution in [-0.4, -0.2) is 14.2 Å². The van der Waals surface area contributed by atoms with Gasteiger partial charge in [-0.3, -0.25) is 5.84 Å². The number of nitrogens with one attached hydrogen (secondary N) is 1. The average molecular weight is 276 g/mol. The van der Waals surface area contributed by atoms with Gasteiger partial charge in [0.1, 0.15) is 5.75 Å². The molecule has 0 aliphatic rings. The summed E-state index contributed by atoms with van der Waals surface area (Å²) in [7, 11) is 3.01. The van der Waals surface area contributed by atoms with Crippen molar-refractivity contribution < 1.29 is 13.9 Å².